The Labute approximate surface area is 169 Å². The summed E-state index contributed by atoms with van der Waals surface area (Å²) in [5.74, 6) is -1.08. The van der Waals surface area contributed by atoms with Gasteiger partial charge >= 0.3 is 0 Å². The smallest absolute Gasteiger partial charge is 0.271 e. The van der Waals surface area contributed by atoms with Gasteiger partial charge in [-0.25, -0.2) is 8.78 Å². The van der Waals surface area contributed by atoms with Crippen LogP contribution in [0, 0.1) is 17.6 Å². The minimum Gasteiger partial charge on any atom is -0.325 e. The quantitative estimate of drug-likeness (QED) is 0.657. The fourth-order valence-electron chi connectivity index (χ4n) is 4.86. The number of pyridine rings is 1. The van der Waals surface area contributed by atoms with Gasteiger partial charge in [-0.05, 0) is 74.6 Å². The van der Waals surface area contributed by atoms with Crippen molar-refractivity contribution in [1.29, 1.82) is 0 Å². The minimum atomic E-state index is -0.672. The molecule has 2 saturated carbocycles. The number of hydrogen-bond acceptors (Lipinski definition) is 4. The summed E-state index contributed by atoms with van der Waals surface area (Å²) in [5, 5.41) is 3.29. The zero-order chi connectivity index (χ0) is 20.3. The van der Waals surface area contributed by atoms with E-state index in [1.54, 1.807) is 4.57 Å². The monoisotopic (exact) mass is 419 g/mol. The number of nitrogens with one attached hydrogen (secondary N) is 2. The number of H-pyrrole nitrogens is 1. The summed E-state index contributed by atoms with van der Waals surface area (Å²) >= 11 is 1.06. The first-order chi connectivity index (χ1) is 14.0. The van der Waals surface area contributed by atoms with Crippen molar-refractivity contribution >= 4 is 32.7 Å². The Morgan fingerprint density at radius 2 is 2.03 bits per heavy atom. The topological polar surface area (TPSA) is 66.9 Å². The Bertz CT molecular complexity index is 1220. The Balaban J connectivity index is 1.72. The molecule has 5 nitrogen and oxygen atoms in total. The molecule has 0 aliphatic heterocycles. The van der Waals surface area contributed by atoms with Crippen molar-refractivity contribution in [3.05, 3.63) is 43.8 Å². The van der Waals surface area contributed by atoms with Crippen LogP contribution < -0.4 is 16.3 Å². The molecule has 0 bridgehead atoms. The standard InChI is InChI=1S/C21H23F2N3O2S/c1-2-24-9-10-3-4-11(7-10)15-14(22)8-13-18(17(15)23)26(12-5-6-12)21-16(19(13)27)20(28)25-29-21/h8,10-12,24H,2-7,9H2,1H3,(H,25,28). The summed E-state index contributed by atoms with van der Waals surface area (Å²) in [7, 11) is 0. The molecule has 2 heterocycles. The third-order valence-electron chi connectivity index (χ3n) is 6.39. The van der Waals surface area contributed by atoms with Crippen LogP contribution >= 0.6 is 11.5 Å². The van der Waals surface area contributed by atoms with E-state index in [0.29, 0.717) is 10.7 Å². The van der Waals surface area contributed by atoms with Gasteiger partial charge in [-0.1, -0.05) is 6.92 Å². The molecule has 0 amide bonds. The lowest BCUT2D eigenvalue weighted by Gasteiger charge is -2.18. The SMILES string of the molecule is CCNCC1CCC(c2c(F)cc3c(=O)c4c(=O)[nH]sc4n(C4CC4)c3c2F)C1. The number of rotatable bonds is 5. The zero-order valence-electron chi connectivity index (χ0n) is 16.2. The second-order valence-electron chi connectivity index (χ2n) is 8.31. The van der Waals surface area contributed by atoms with Crippen LogP contribution in [0.2, 0.25) is 0 Å². The average molecular weight is 419 g/mol. The summed E-state index contributed by atoms with van der Waals surface area (Å²) in [6.45, 7) is 3.78. The molecule has 2 fully saturated rings. The molecular formula is C21H23F2N3O2S. The van der Waals surface area contributed by atoms with Crippen LogP contribution in [-0.4, -0.2) is 22.0 Å². The lowest BCUT2D eigenvalue weighted by Crippen LogP contribution is -2.21. The van der Waals surface area contributed by atoms with Crippen molar-refractivity contribution in [1.82, 2.24) is 14.3 Å². The first-order valence-electron chi connectivity index (χ1n) is 10.3. The van der Waals surface area contributed by atoms with E-state index in [0.717, 1.165) is 62.8 Å². The number of fused-ring (bicyclic) bond motifs is 2. The van der Waals surface area contributed by atoms with Crippen LogP contribution in [0.15, 0.2) is 15.7 Å². The molecule has 3 aromatic rings. The Hall–Kier alpha value is -2.06. The number of aromatic amines is 1. The normalized spacial score (nSPS) is 22.2. The van der Waals surface area contributed by atoms with Gasteiger partial charge < -0.3 is 9.88 Å². The second kappa shape index (κ2) is 7.02. The van der Waals surface area contributed by atoms with E-state index in [-0.39, 0.29) is 33.8 Å². The van der Waals surface area contributed by atoms with E-state index >= 15 is 8.78 Å². The molecule has 0 spiro atoms. The summed E-state index contributed by atoms with van der Waals surface area (Å²) in [6.07, 6.45) is 4.13. The zero-order valence-corrected chi connectivity index (χ0v) is 17.0. The minimum absolute atomic E-state index is 0.00696. The molecule has 0 saturated heterocycles. The predicted octanol–water partition coefficient (Wildman–Crippen LogP) is 4.01. The highest BCUT2D eigenvalue weighted by atomic mass is 32.1. The van der Waals surface area contributed by atoms with Gasteiger partial charge in [0.2, 0.25) is 5.43 Å². The fraction of sp³-hybridized carbons (Fsp3) is 0.524. The molecule has 1 aromatic carbocycles. The summed E-state index contributed by atoms with van der Waals surface area (Å²) < 4.78 is 35.3. The largest absolute Gasteiger partial charge is 0.325 e. The van der Waals surface area contributed by atoms with Crippen LogP contribution in [0.3, 0.4) is 0 Å². The van der Waals surface area contributed by atoms with E-state index in [9.17, 15) is 9.59 Å². The lowest BCUT2D eigenvalue weighted by atomic mass is 9.93. The van der Waals surface area contributed by atoms with Crippen molar-refractivity contribution in [2.45, 2.75) is 51.0 Å². The molecule has 8 heteroatoms. The van der Waals surface area contributed by atoms with Gasteiger partial charge in [0.15, 0.2) is 5.82 Å². The van der Waals surface area contributed by atoms with Gasteiger partial charge in [0.25, 0.3) is 5.56 Å². The van der Waals surface area contributed by atoms with Crippen LogP contribution in [0.4, 0.5) is 8.78 Å². The van der Waals surface area contributed by atoms with Gasteiger partial charge in [0.1, 0.15) is 16.0 Å². The predicted molar refractivity (Wildman–Crippen MR) is 111 cm³/mol. The number of nitrogens with zero attached hydrogens (tertiary/aromatic N) is 1. The highest BCUT2D eigenvalue weighted by Gasteiger charge is 2.35. The maximum Gasteiger partial charge on any atom is 0.271 e. The van der Waals surface area contributed by atoms with Crippen molar-refractivity contribution < 1.29 is 8.78 Å². The maximum atomic E-state index is 15.8. The number of benzene rings is 1. The number of aromatic nitrogens is 2. The molecule has 29 heavy (non-hydrogen) atoms. The van der Waals surface area contributed by atoms with Gasteiger partial charge in [0, 0.05) is 11.6 Å². The van der Waals surface area contributed by atoms with E-state index < -0.39 is 22.6 Å². The molecular weight excluding hydrogens is 396 g/mol. The van der Waals surface area contributed by atoms with Crippen LogP contribution in [0.25, 0.3) is 21.1 Å². The van der Waals surface area contributed by atoms with E-state index in [1.165, 1.54) is 0 Å². The van der Waals surface area contributed by atoms with E-state index in [2.05, 4.69) is 9.69 Å². The lowest BCUT2D eigenvalue weighted by molar-refractivity contribution is 0.480. The van der Waals surface area contributed by atoms with Gasteiger partial charge in [0.05, 0.1) is 10.9 Å². The Morgan fingerprint density at radius 1 is 1.24 bits per heavy atom. The average Bonchev–Trinajstić information content (AvgIpc) is 3.30. The van der Waals surface area contributed by atoms with Crippen LogP contribution in [0.1, 0.15) is 56.6 Å². The third-order valence-corrected chi connectivity index (χ3v) is 7.27. The van der Waals surface area contributed by atoms with E-state index in [4.69, 9.17) is 0 Å². The molecule has 154 valence electrons. The summed E-state index contributed by atoms with van der Waals surface area (Å²) in [5.41, 5.74) is -0.812. The molecule has 5 rings (SSSR count). The third kappa shape index (κ3) is 2.95. The molecule has 2 N–H and O–H groups in total. The highest BCUT2D eigenvalue weighted by Crippen LogP contribution is 2.44. The molecule has 0 radical (unpaired) electrons. The molecule has 2 unspecified atom stereocenters. The molecule has 2 aromatic heterocycles. The van der Waals surface area contributed by atoms with Crippen molar-refractivity contribution in [2.75, 3.05) is 13.1 Å². The van der Waals surface area contributed by atoms with Crippen LogP contribution in [0.5, 0.6) is 0 Å². The second-order valence-corrected chi connectivity index (χ2v) is 9.10. The number of halogens is 2. The molecule has 2 aliphatic rings. The fourth-order valence-corrected chi connectivity index (χ4v) is 5.78. The van der Waals surface area contributed by atoms with Crippen molar-refractivity contribution in [3.8, 4) is 0 Å². The molecule has 2 atom stereocenters. The Morgan fingerprint density at radius 3 is 2.76 bits per heavy atom. The van der Waals surface area contributed by atoms with Gasteiger partial charge in [-0.2, -0.15) is 0 Å². The Kier molecular flexibility index (Phi) is 4.58. The van der Waals surface area contributed by atoms with Crippen molar-refractivity contribution in [3.63, 3.8) is 0 Å². The van der Waals surface area contributed by atoms with Crippen molar-refractivity contribution in [2.24, 2.45) is 5.92 Å². The van der Waals surface area contributed by atoms with Gasteiger partial charge in [-0.3, -0.25) is 14.0 Å². The first kappa shape index (κ1) is 18.9. The highest BCUT2D eigenvalue weighted by molar-refractivity contribution is 7.12. The van der Waals surface area contributed by atoms with Gasteiger partial charge in [-0.15, -0.1) is 0 Å². The summed E-state index contributed by atoms with van der Waals surface area (Å²) in [6, 6.07) is 1.20. The van der Waals surface area contributed by atoms with E-state index in [1.807, 2.05) is 6.92 Å². The number of hydrogen-bond donors (Lipinski definition) is 2. The molecule has 2 aliphatic carbocycles. The van der Waals surface area contributed by atoms with Crippen LogP contribution in [-0.2, 0) is 0 Å². The maximum absolute atomic E-state index is 15.8. The first-order valence-corrected chi connectivity index (χ1v) is 11.1. The summed E-state index contributed by atoms with van der Waals surface area (Å²) in [4.78, 5) is 25.5.